The van der Waals surface area contributed by atoms with Crippen molar-refractivity contribution in [2.75, 3.05) is 0 Å². The molecule has 0 atom stereocenters. The van der Waals surface area contributed by atoms with E-state index in [0.717, 1.165) is 12.8 Å². The fourth-order valence-corrected chi connectivity index (χ4v) is 3.20. The summed E-state index contributed by atoms with van der Waals surface area (Å²) in [5.74, 6) is -0.967. The van der Waals surface area contributed by atoms with Gasteiger partial charge in [-0.25, -0.2) is 0 Å². The Bertz CT molecular complexity index is 531. The molecule has 0 saturated heterocycles. The number of nitrogens with one attached hydrogen (secondary N) is 1. The molecule has 23 heavy (non-hydrogen) atoms. The number of carbonyl (C=O) groups excluding carboxylic acids is 1. The first kappa shape index (κ1) is 17.5. The number of amides is 1. The molecule has 0 heterocycles. The molecule has 0 spiro atoms. The van der Waals surface area contributed by atoms with Gasteiger partial charge in [0.1, 0.15) is 0 Å². The normalized spacial score (nSPS) is 21.7. The topological polar surface area (TPSA) is 66.4 Å². The number of carboxylic acids is 1. The molecule has 0 radical (unpaired) electrons. The third kappa shape index (κ3) is 5.38. The highest BCUT2D eigenvalue weighted by molar-refractivity contribution is 5.80. The van der Waals surface area contributed by atoms with E-state index >= 15 is 0 Å². The Morgan fingerprint density at radius 3 is 2.22 bits per heavy atom. The van der Waals surface area contributed by atoms with Crippen LogP contribution < -0.4 is 5.32 Å². The van der Waals surface area contributed by atoms with Gasteiger partial charge in [-0.15, -0.1) is 0 Å². The van der Waals surface area contributed by atoms with Gasteiger partial charge in [0.05, 0.1) is 5.92 Å². The summed E-state index contributed by atoms with van der Waals surface area (Å²) in [7, 11) is 0. The minimum absolute atomic E-state index is 0.0402. The molecule has 2 rings (SSSR count). The first-order valence-electron chi connectivity index (χ1n) is 8.46. The number of aryl methyl sites for hydroxylation is 1. The van der Waals surface area contributed by atoms with Crippen molar-refractivity contribution in [1.29, 1.82) is 0 Å². The Morgan fingerprint density at radius 2 is 1.65 bits per heavy atom. The van der Waals surface area contributed by atoms with Crippen molar-refractivity contribution in [2.45, 2.75) is 57.9 Å². The van der Waals surface area contributed by atoms with Crippen molar-refractivity contribution >= 4 is 11.9 Å². The van der Waals surface area contributed by atoms with Crippen molar-refractivity contribution in [3.05, 3.63) is 35.9 Å². The fraction of sp³-hybridized carbons (Fsp3) is 0.579. The minimum atomic E-state index is -0.730. The molecule has 0 bridgehead atoms. The van der Waals surface area contributed by atoms with Crippen molar-refractivity contribution < 1.29 is 14.7 Å². The van der Waals surface area contributed by atoms with Gasteiger partial charge in [0, 0.05) is 11.5 Å². The summed E-state index contributed by atoms with van der Waals surface area (Å²) in [4.78, 5) is 23.4. The van der Waals surface area contributed by atoms with E-state index in [2.05, 4.69) is 31.3 Å². The highest BCUT2D eigenvalue weighted by atomic mass is 16.4. The number of benzene rings is 1. The maximum Gasteiger partial charge on any atom is 0.306 e. The second kappa shape index (κ2) is 7.62. The number of rotatable bonds is 6. The molecule has 1 amide bonds. The molecule has 1 aromatic carbocycles. The van der Waals surface area contributed by atoms with Gasteiger partial charge in [-0.1, -0.05) is 30.3 Å². The zero-order chi connectivity index (χ0) is 16.9. The number of carboxylic acid groups (broad SMARTS) is 1. The second-order valence-electron chi connectivity index (χ2n) is 7.25. The van der Waals surface area contributed by atoms with E-state index in [1.807, 2.05) is 18.2 Å². The molecule has 4 heteroatoms. The molecule has 0 aliphatic heterocycles. The number of hydrogen-bond donors (Lipinski definition) is 2. The summed E-state index contributed by atoms with van der Waals surface area (Å²) in [6.45, 7) is 4.10. The molecule has 4 nitrogen and oxygen atoms in total. The van der Waals surface area contributed by atoms with Crippen LogP contribution in [0.5, 0.6) is 0 Å². The molecule has 1 aliphatic carbocycles. The van der Waals surface area contributed by atoms with Crippen molar-refractivity contribution in [3.63, 3.8) is 0 Å². The van der Waals surface area contributed by atoms with Crippen LogP contribution in [0.1, 0.15) is 51.5 Å². The molecular formula is C19H27NO3. The maximum atomic E-state index is 12.4. The van der Waals surface area contributed by atoms with Crippen LogP contribution in [0.15, 0.2) is 30.3 Å². The van der Waals surface area contributed by atoms with Crippen LogP contribution in [-0.4, -0.2) is 22.5 Å². The predicted octanol–water partition coefficient (Wildman–Crippen LogP) is 3.41. The largest absolute Gasteiger partial charge is 0.481 e. The molecule has 0 aromatic heterocycles. The summed E-state index contributed by atoms with van der Waals surface area (Å²) in [6, 6.07) is 10.3. The number of aliphatic carboxylic acids is 1. The highest BCUT2D eigenvalue weighted by Crippen LogP contribution is 2.29. The summed E-state index contributed by atoms with van der Waals surface area (Å²) in [5.41, 5.74) is 1.02. The van der Waals surface area contributed by atoms with E-state index in [0.29, 0.717) is 25.7 Å². The number of carbonyl (C=O) groups is 2. The van der Waals surface area contributed by atoms with E-state index in [1.165, 1.54) is 5.56 Å². The smallest absolute Gasteiger partial charge is 0.306 e. The van der Waals surface area contributed by atoms with Crippen LogP contribution in [0.2, 0.25) is 0 Å². The third-order valence-corrected chi connectivity index (χ3v) is 4.79. The average molecular weight is 317 g/mol. The Hall–Kier alpha value is -1.84. The van der Waals surface area contributed by atoms with E-state index in [4.69, 9.17) is 5.11 Å². The van der Waals surface area contributed by atoms with Gasteiger partial charge in [0.2, 0.25) is 5.91 Å². The lowest BCUT2D eigenvalue weighted by atomic mass is 9.81. The highest BCUT2D eigenvalue weighted by Gasteiger charge is 2.31. The molecule has 1 aromatic rings. The van der Waals surface area contributed by atoms with Gasteiger partial charge >= 0.3 is 5.97 Å². The predicted molar refractivity (Wildman–Crippen MR) is 90.1 cm³/mol. The van der Waals surface area contributed by atoms with E-state index in [9.17, 15) is 9.59 Å². The fourth-order valence-electron chi connectivity index (χ4n) is 3.20. The maximum absolute atomic E-state index is 12.4. The van der Waals surface area contributed by atoms with Crippen LogP contribution in [0.3, 0.4) is 0 Å². The Labute approximate surface area is 138 Å². The zero-order valence-electron chi connectivity index (χ0n) is 14.0. The van der Waals surface area contributed by atoms with Crippen molar-refractivity contribution in [3.8, 4) is 0 Å². The van der Waals surface area contributed by atoms with Crippen LogP contribution >= 0.6 is 0 Å². The average Bonchev–Trinajstić information content (AvgIpc) is 2.54. The Kier molecular flexibility index (Phi) is 5.80. The molecule has 1 aliphatic rings. The zero-order valence-corrected chi connectivity index (χ0v) is 14.0. The monoisotopic (exact) mass is 317 g/mol. The summed E-state index contributed by atoms with van der Waals surface area (Å²) in [5, 5.41) is 12.2. The van der Waals surface area contributed by atoms with Crippen LogP contribution in [0.25, 0.3) is 0 Å². The molecule has 126 valence electrons. The number of hydrogen-bond acceptors (Lipinski definition) is 2. The second-order valence-corrected chi connectivity index (χ2v) is 7.25. The van der Waals surface area contributed by atoms with Gasteiger partial charge in [0.15, 0.2) is 0 Å². The van der Waals surface area contributed by atoms with Gasteiger partial charge in [-0.2, -0.15) is 0 Å². The van der Waals surface area contributed by atoms with Crippen LogP contribution in [-0.2, 0) is 16.0 Å². The SMILES string of the molecule is CC(C)(CCc1ccccc1)NC(=O)C1CCC(C(=O)O)CC1. The molecule has 2 N–H and O–H groups in total. The van der Waals surface area contributed by atoms with Crippen molar-refractivity contribution in [1.82, 2.24) is 5.32 Å². The third-order valence-electron chi connectivity index (χ3n) is 4.79. The Balaban J connectivity index is 1.80. The van der Waals surface area contributed by atoms with Crippen LogP contribution in [0.4, 0.5) is 0 Å². The van der Waals surface area contributed by atoms with Gasteiger partial charge < -0.3 is 10.4 Å². The molecular weight excluding hydrogens is 290 g/mol. The van der Waals surface area contributed by atoms with Crippen molar-refractivity contribution in [2.24, 2.45) is 11.8 Å². The summed E-state index contributed by atoms with van der Waals surface area (Å²) >= 11 is 0. The van der Waals surface area contributed by atoms with E-state index in [1.54, 1.807) is 0 Å². The lowest BCUT2D eigenvalue weighted by molar-refractivity contribution is -0.144. The van der Waals surface area contributed by atoms with Gasteiger partial charge in [-0.05, 0) is 57.9 Å². The summed E-state index contributed by atoms with van der Waals surface area (Å²) in [6.07, 6.45) is 4.39. The summed E-state index contributed by atoms with van der Waals surface area (Å²) < 4.78 is 0. The quantitative estimate of drug-likeness (QED) is 0.845. The van der Waals surface area contributed by atoms with Crippen LogP contribution in [0, 0.1) is 11.8 Å². The lowest BCUT2D eigenvalue weighted by Gasteiger charge is -2.31. The first-order chi connectivity index (χ1) is 10.9. The molecule has 1 saturated carbocycles. The minimum Gasteiger partial charge on any atom is -0.481 e. The molecule has 1 fully saturated rings. The standard InChI is InChI=1S/C19H27NO3/c1-19(2,13-12-14-6-4-3-5-7-14)20-17(21)15-8-10-16(11-9-15)18(22)23/h3-7,15-16H,8-13H2,1-2H3,(H,20,21)(H,22,23). The molecule has 0 unspecified atom stereocenters. The van der Waals surface area contributed by atoms with E-state index in [-0.39, 0.29) is 23.3 Å². The van der Waals surface area contributed by atoms with Gasteiger partial charge in [-0.3, -0.25) is 9.59 Å². The van der Waals surface area contributed by atoms with E-state index < -0.39 is 5.97 Å². The Morgan fingerprint density at radius 1 is 1.09 bits per heavy atom. The first-order valence-corrected chi connectivity index (χ1v) is 8.46. The lowest BCUT2D eigenvalue weighted by Crippen LogP contribution is -2.47. The van der Waals surface area contributed by atoms with Gasteiger partial charge in [0.25, 0.3) is 0 Å².